The van der Waals surface area contributed by atoms with Crippen LogP contribution in [-0.4, -0.2) is 32.1 Å². The predicted octanol–water partition coefficient (Wildman–Crippen LogP) is 2.48. The summed E-state index contributed by atoms with van der Waals surface area (Å²) in [6.07, 6.45) is 1.97. The quantitative estimate of drug-likeness (QED) is 0.644. The average molecular weight is 266 g/mol. The molecule has 96 valence electrons. The summed E-state index contributed by atoms with van der Waals surface area (Å²) >= 11 is 5.89. The second-order valence-corrected chi connectivity index (χ2v) is 4.84. The first-order valence-corrected chi connectivity index (χ1v) is 6.43. The van der Waals surface area contributed by atoms with Crippen LogP contribution < -0.4 is 5.32 Å². The normalized spacial score (nSPS) is 12.3. The van der Waals surface area contributed by atoms with Gasteiger partial charge in [0.2, 0.25) is 5.95 Å². The molecule has 18 heavy (non-hydrogen) atoms. The molecule has 0 saturated heterocycles. The SMILES string of the molecule is CC(Cl)CCCNc1nnnn1-c1ccccc1. The zero-order valence-corrected chi connectivity index (χ0v) is 11.0. The van der Waals surface area contributed by atoms with Crippen LogP contribution in [-0.2, 0) is 0 Å². The molecule has 0 amide bonds. The van der Waals surface area contributed by atoms with E-state index in [0.717, 1.165) is 25.1 Å². The monoisotopic (exact) mass is 265 g/mol. The van der Waals surface area contributed by atoms with Crippen molar-refractivity contribution in [1.29, 1.82) is 0 Å². The van der Waals surface area contributed by atoms with E-state index in [0.29, 0.717) is 5.95 Å². The van der Waals surface area contributed by atoms with Crippen LogP contribution in [0.25, 0.3) is 5.69 Å². The van der Waals surface area contributed by atoms with E-state index >= 15 is 0 Å². The molecule has 1 atom stereocenters. The Balaban J connectivity index is 1.96. The maximum absolute atomic E-state index is 5.89. The van der Waals surface area contributed by atoms with Crippen molar-refractivity contribution < 1.29 is 0 Å². The third-order valence-electron chi connectivity index (χ3n) is 2.53. The largest absolute Gasteiger partial charge is 0.353 e. The van der Waals surface area contributed by atoms with Gasteiger partial charge in [-0.25, -0.2) is 0 Å². The summed E-state index contributed by atoms with van der Waals surface area (Å²) in [5, 5.41) is 15.0. The zero-order valence-electron chi connectivity index (χ0n) is 10.3. The molecule has 0 radical (unpaired) electrons. The molecule has 0 spiro atoms. The van der Waals surface area contributed by atoms with Crippen molar-refractivity contribution >= 4 is 17.5 Å². The highest BCUT2D eigenvalue weighted by molar-refractivity contribution is 6.20. The number of alkyl halides is 1. The van der Waals surface area contributed by atoms with E-state index in [4.69, 9.17) is 11.6 Å². The number of anilines is 1. The fraction of sp³-hybridized carbons (Fsp3) is 0.417. The molecule has 0 aliphatic carbocycles. The minimum Gasteiger partial charge on any atom is -0.353 e. The molecule has 6 heteroatoms. The molecular formula is C12H16ClN5. The van der Waals surface area contributed by atoms with Gasteiger partial charge in [0.1, 0.15) is 0 Å². The van der Waals surface area contributed by atoms with Crippen LogP contribution in [0.2, 0.25) is 0 Å². The lowest BCUT2D eigenvalue weighted by Gasteiger charge is -2.07. The molecule has 1 heterocycles. The third kappa shape index (κ3) is 3.43. The molecule has 0 bridgehead atoms. The number of rotatable bonds is 6. The molecule has 1 aromatic carbocycles. The lowest BCUT2D eigenvalue weighted by atomic mass is 10.2. The fourth-order valence-electron chi connectivity index (χ4n) is 1.62. The van der Waals surface area contributed by atoms with Crippen molar-refractivity contribution in [2.45, 2.75) is 25.1 Å². The highest BCUT2D eigenvalue weighted by Gasteiger charge is 2.06. The summed E-state index contributed by atoms with van der Waals surface area (Å²) in [7, 11) is 0. The maximum atomic E-state index is 5.89. The molecule has 5 nitrogen and oxygen atoms in total. The van der Waals surface area contributed by atoms with E-state index in [1.807, 2.05) is 37.3 Å². The molecule has 0 saturated carbocycles. The number of nitrogens with one attached hydrogen (secondary N) is 1. The van der Waals surface area contributed by atoms with E-state index < -0.39 is 0 Å². The molecule has 0 fully saturated rings. The minimum atomic E-state index is 0.205. The molecular weight excluding hydrogens is 250 g/mol. The van der Waals surface area contributed by atoms with Crippen molar-refractivity contribution in [3.05, 3.63) is 30.3 Å². The van der Waals surface area contributed by atoms with Crippen molar-refractivity contribution in [2.24, 2.45) is 0 Å². The highest BCUT2D eigenvalue weighted by atomic mass is 35.5. The lowest BCUT2D eigenvalue weighted by molar-refractivity contribution is 0.741. The maximum Gasteiger partial charge on any atom is 0.247 e. The van der Waals surface area contributed by atoms with Gasteiger partial charge in [0.25, 0.3) is 0 Å². The van der Waals surface area contributed by atoms with Crippen LogP contribution >= 0.6 is 11.6 Å². The van der Waals surface area contributed by atoms with E-state index in [-0.39, 0.29) is 5.38 Å². The Morgan fingerprint density at radius 1 is 1.33 bits per heavy atom. The van der Waals surface area contributed by atoms with Gasteiger partial charge in [0, 0.05) is 11.9 Å². The van der Waals surface area contributed by atoms with Gasteiger partial charge in [-0.2, -0.15) is 4.68 Å². The van der Waals surface area contributed by atoms with Gasteiger partial charge in [-0.15, -0.1) is 11.6 Å². The number of hydrogen-bond acceptors (Lipinski definition) is 4. The summed E-state index contributed by atoms with van der Waals surface area (Å²) in [6.45, 7) is 2.81. The summed E-state index contributed by atoms with van der Waals surface area (Å²) in [5.74, 6) is 0.656. The second-order valence-electron chi connectivity index (χ2n) is 4.10. The highest BCUT2D eigenvalue weighted by Crippen LogP contribution is 2.11. The van der Waals surface area contributed by atoms with Gasteiger partial charge in [0.15, 0.2) is 0 Å². The first kappa shape index (κ1) is 12.8. The number of para-hydroxylation sites is 1. The van der Waals surface area contributed by atoms with Gasteiger partial charge in [-0.3, -0.25) is 0 Å². The van der Waals surface area contributed by atoms with Crippen molar-refractivity contribution in [1.82, 2.24) is 20.2 Å². The molecule has 1 unspecified atom stereocenters. The average Bonchev–Trinajstić information content (AvgIpc) is 2.84. The zero-order chi connectivity index (χ0) is 12.8. The van der Waals surface area contributed by atoms with Gasteiger partial charge in [-0.1, -0.05) is 23.3 Å². The van der Waals surface area contributed by atoms with E-state index in [1.54, 1.807) is 4.68 Å². The Labute approximate surface area is 111 Å². The summed E-state index contributed by atoms with van der Waals surface area (Å²) < 4.78 is 1.68. The van der Waals surface area contributed by atoms with E-state index in [2.05, 4.69) is 20.8 Å². The Morgan fingerprint density at radius 3 is 2.83 bits per heavy atom. The van der Waals surface area contributed by atoms with Crippen LogP contribution in [0.3, 0.4) is 0 Å². The van der Waals surface area contributed by atoms with Crippen molar-refractivity contribution in [2.75, 3.05) is 11.9 Å². The topological polar surface area (TPSA) is 55.6 Å². The number of aromatic nitrogens is 4. The predicted molar refractivity (Wildman–Crippen MR) is 72.2 cm³/mol. The molecule has 0 aliphatic heterocycles. The number of nitrogens with zero attached hydrogens (tertiary/aromatic N) is 4. The smallest absolute Gasteiger partial charge is 0.247 e. The first-order chi connectivity index (χ1) is 8.77. The molecule has 1 aromatic heterocycles. The summed E-state index contributed by atoms with van der Waals surface area (Å²) in [4.78, 5) is 0. The summed E-state index contributed by atoms with van der Waals surface area (Å²) in [6, 6.07) is 9.79. The van der Waals surface area contributed by atoms with E-state index in [1.165, 1.54) is 0 Å². The van der Waals surface area contributed by atoms with Gasteiger partial charge in [0.05, 0.1) is 5.69 Å². The fourth-order valence-corrected chi connectivity index (χ4v) is 1.78. The van der Waals surface area contributed by atoms with Crippen LogP contribution in [0.5, 0.6) is 0 Å². The molecule has 1 N–H and O–H groups in total. The molecule has 2 rings (SSSR count). The lowest BCUT2D eigenvalue weighted by Crippen LogP contribution is -2.09. The Kier molecular flexibility index (Phi) is 4.52. The van der Waals surface area contributed by atoms with E-state index in [9.17, 15) is 0 Å². The van der Waals surface area contributed by atoms with Gasteiger partial charge < -0.3 is 5.32 Å². The number of tetrazole rings is 1. The molecule has 0 aliphatic rings. The van der Waals surface area contributed by atoms with Crippen molar-refractivity contribution in [3.63, 3.8) is 0 Å². The minimum absolute atomic E-state index is 0.205. The first-order valence-electron chi connectivity index (χ1n) is 5.99. The van der Waals surface area contributed by atoms with Gasteiger partial charge in [-0.05, 0) is 42.3 Å². The molecule has 2 aromatic rings. The summed E-state index contributed by atoms with van der Waals surface area (Å²) in [5.41, 5.74) is 0.940. The Hall–Kier alpha value is -1.62. The Bertz CT molecular complexity index is 468. The van der Waals surface area contributed by atoms with Crippen LogP contribution in [0, 0.1) is 0 Å². The van der Waals surface area contributed by atoms with Gasteiger partial charge >= 0.3 is 0 Å². The number of benzene rings is 1. The number of hydrogen-bond donors (Lipinski definition) is 1. The standard InChI is InChI=1S/C12H16ClN5/c1-10(13)6-5-9-14-12-15-16-17-18(12)11-7-3-2-4-8-11/h2-4,7-8,10H,5-6,9H2,1H3,(H,14,15,17). The number of halogens is 1. The Morgan fingerprint density at radius 2 is 2.11 bits per heavy atom. The second kappa shape index (κ2) is 6.35. The van der Waals surface area contributed by atoms with Crippen LogP contribution in [0.15, 0.2) is 30.3 Å². The van der Waals surface area contributed by atoms with Crippen LogP contribution in [0.4, 0.5) is 5.95 Å². The van der Waals surface area contributed by atoms with Crippen LogP contribution in [0.1, 0.15) is 19.8 Å². The third-order valence-corrected chi connectivity index (χ3v) is 2.75. The van der Waals surface area contributed by atoms with Crippen molar-refractivity contribution in [3.8, 4) is 5.69 Å².